The number of carbonyl (C=O) groups excluding carboxylic acids is 1. The molecule has 0 atom stereocenters. The summed E-state index contributed by atoms with van der Waals surface area (Å²) in [4.78, 5) is 10.9. The normalized spacial score (nSPS) is 11.6. The lowest BCUT2D eigenvalue weighted by Crippen LogP contribution is -2.17. The van der Waals surface area contributed by atoms with Crippen LogP contribution >= 0.6 is 15.9 Å². The Kier molecular flexibility index (Phi) is 4.77. The van der Waals surface area contributed by atoms with Crippen LogP contribution in [0.2, 0.25) is 0 Å². The molecule has 0 radical (unpaired) electrons. The molecule has 0 fully saturated rings. The summed E-state index contributed by atoms with van der Waals surface area (Å²) < 4.78 is 45.1. The first kappa shape index (κ1) is 14.6. The highest BCUT2D eigenvalue weighted by molar-refractivity contribution is 9.10. The molecule has 1 aromatic rings. The Labute approximate surface area is 109 Å². The smallest absolute Gasteiger partial charge is 0.466 e. The third-order valence-corrected chi connectivity index (χ3v) is 2.52. The van der Waals surface area contributed by atoms with Crippen molar-refractivity contribution in [3.63, 3.8) is 0 Å². The number of carbonyl (C=O) groups is 1. The van der Waals surface area contributed by atoms with E-state index in [0.29, 0.717) is 4.47 Å². The zero-order valence-corrected chi connectivity index (χ0v) is 10.7. The maximum atomic E-state index is 12.2. The van der Waals surface area contributed by atoms with Crippen molar-refractivity contribution in [1.29, 1.82) is 0 Å². The molecule has 0 aliphatic rings. The molecule has 0 aliphatic carbocycles. The van der Waals surface area contributed by atoms with Gasteiger partial charge in [-0.15, -0.1) is 13.2 Å². The summed E-state index contributed by atoms with van der Waals surface area (Å²) >= 11 is 3.08. The van der Waals surface area contributed by atoms with Crippen LogP contribution in [0.5, 0.6) is 5.75 Å². The fourth-order valence-electron chi connectivity index (χ4n) is 1.11. The maximum absolute atomic E-state index is 12.2. The van der Waals surface area contributed by atoms with Crippen LogP contribution in [0.1, 0.15) is 5.56 Å². The van der Waals surface area contributed by atoms with Crippen LogP contribution in [0.3, 0.4) is 0 Å². The molecule has 0 N–H and O–H groups in total. The van der Waals surface area contributed by atoms with Crippen molar-refractivity contribution >= 4 is 28.0 Å². The minimum absolute atomic E-state index is 0.0974. The molecule has 0 saturated heterocycles. The topological polar surface area (TPSA) is 35.5 Å². The number of methoxy groups -OCH3 is 1. The molecule has 0 saturated carbocycles. The van der Waals surface area contributed by atoms with E-state index in [2.05, 4.69) is 25.4 Å². The fourth-order valence-corrected chi connectivity index (χ4v) is 1.59. The molecular weight excluding hydrogens is 317 g/mol. The monoisotopic (exact) mass is 324 g/mol. The number of halogens is 4. The second-order valence-electron chi connectivity index (χ2n) is 3.06. The standard InChI is InChI=1S/C11H8BrF3O3/c1-17-10(16)6-5-7-8(12)3-2-4-9(7)18-11(13,14)15/h2-6H,1H3/b6-5+. The number of hydrogen-bond donors (Lipinski definition) is 0. The van der Waals surface area contributed by atoms with Gasteiger partial charge in [0.15, 0.2) is 0 Å². The van der Waals surface area contributed by atoms with Crippen molar-refractivity contribution in [2.24, 2.45) is 0 Å². The number of benzene rings is 1. The van der Waals surface area contributed by atoms with Crippen LogP contribution in [0.25, 0.3) is 6.08 Å². The first-order chi connectivity index (χ1) is 8.33. The fraction of sp³-hybridized carbons (Fsp3) is 0.182. The van der Waals surface area contributed by atoms with Gasteiger partial charge in [0.2, 0.25) is 0 Å². The second kappa shape index (κ2) is 5.90. The highest BCUT2D eigenvalue weighted by atomic mass is 79.9. The van der Waals surface area contributed by atoms with E-state index in [9.17, 15) is 18.0 Å². The van der Waals surface area contributed by atoms with Crippen molar-refractivity contribution in [3.05, 3.63) is 34.3 Å². The van der Waals surface area contributed by atoms with Gasteiger partial charge in [-0.3, -0.25) is 0 Å². The van der Waals surface area contributed by atoms with E-state index in [4.69, 9.17) is 0 Å². The molecule has 1 rings (SSSR count). The summed E-state index contributed by atoms with van der Waals surface area (Å²) in [5, 5.41) is 0. The summed E-state index contributed by atoms with van der Waals surface area (Å²) in [6.45, 7) is 0. The minimum Gasteiger partial charge on any atom is -0.466 e. The van der Waals surface area contributed by atoms with Gasteiger partial charge in [-0.1, -0.05) is 22.0 Å². The van der Waals surface area contributed by atoms with Gasteiger partial charge in [-0.2, -0.15) is 0 Å². The third-order valence-electron chi connectivity index (χ3n) is 1.83. The molecule has 7 heteroatoms. The van der Waals surface area contributed by atoms with E-state index in [1.165, 1.54) is 25.3 Å². The van der Waals surface area contributed by atoms with Crippen molar-refractivity contribution in [3.8, 4) is 5.75 Å². The van der Waals surface area contributed by atoms with E-state index in [1.807, 2.05) is 0 Å². The van der Waals surface area contributed by atoms with Gasteiger partial charge in [0.25, 0.3) is 0 Å². The van der Waals surface area contributed by atoms with Crippen LogP contribution < -0.4 is 4.74 Å². The van der Waals surface area contributed by atoms with Gasteiger partial charge in [0, 0.05) is 16.1 Å². The summed E-state index contributed by atoms with van der Waals surface area (Å²) in [6, 6.07) is 4.07. The highest BCUT2D eigenvalue weighted by Gasteiger charge is 2.32. The van der Waals surface area contributed by atoms with Crippen LogP contribution in [-0.2, 0) is 9.53 Å². The number of ether oxygens (including phenoxy) is 2. The van der Waals surface area contributed by atoms with Crippen LogP contribution in [-0.4, -0.2) is 19.4 Å². The molecule has 0 heterocycles. The molecule has 18 heavy (non-hydrogen) atoms. The van der Waals surface area contributed by atoms with Crippen LogP contribution in [0, 0.1) is 0 Å². The number of rotatable bonds is 3. The quantitative estimate of drug-likeness (QED) is 0.630. The predicted octanol–water partition coefficient (Wildman–Crippen LogP) is 3.53. The molecule has 98 valence electrons. The first-order valence-electron chi connectivity index (χ1n) is 4.64. The van der Waals surface area contributed by atoms with Gasteiger partial charge < -0.3 is 9.47 Å². The molecule has 0 spiro atoms. The molecule has 0 aromatic heterocycles. The Morgan fingerprint density at radius 3 is 2.61 bits per heavy atom. The van der Waals surface area contributed by atoms with E-state index < -0.39 is 18.1 Å². The van der Waals surface area contributed by atoms with Gasteiger partial charge in [0.05, 0.1) is 7.11 Å². The summed E-state index contributed by atoms with van der Waals surface area (Å²) in [5.74, 6) is -1.08. The van der Waals surface area contributed by atoms with Crippen molar-refractivity contribution in [2.75, 3.05) is 7.11 Å². The first-order valence-corrected chi connectivity index (χ1v) is 5.43. The Morgan fingerprint density at radius 1 is 1.39 bits per heavy atom. The lowest BCUT2D eigenvalue weighted by Gasteiger charge is -2.12. The second-order valence-corrected chi connectivity index (χ2v) is 3.91. The Morgan fingerprint density at radius 2 is 2.06 bits per heavy atom. The molecule has 0 bridgehead atoms. The molecule has 1 aromatic carbocycles. The van der Waals surface area contributed by atoms with Crippen molar-refractivity contribution in [1.82, 2.24) is 0 Å². The van der Waals surface area contributed by atoms with Crippen molar-refractivity contribution in [2.45, 2.75) is 6.36 Å². The van der Waals surface area contributed by atoms with Crippen LogP contribution in [0.15, 0.2) is 28.7 Å². The summed E-state index contributed by atoms with van der Waals surface area (Å²) in [7, 11) is 1.17. The molecule has 3 nitrogen and oxygen atoms in total. The van der Waals surface area contributed by atoms with E-state index in [0.717, 1.165) is 12.1 Å². The van der Waals surface area contributed by atoms with Gasteiger partial charge in [-0.25, -0.2) is 4.79 Å². The molecular formula is C11H8BrF3O3. The van der Waals surface area contributed by atoms with Gasteiger partial charge in [0.1, 0.15) is 5.75 Å². The zero-order chi connectivity index (χ0) is 13.8. The Bertz CT molecular complexity index is 469. The largest absolute Gasteiger partial charge is 0.573 e. The predicted molar refractivity (Wildman–Crippen MR) is 61.9 cm³/mol. The van der Waals surface area contributed by atoms with E-state index in [-0.39, 0.29) is 5.56 Å². The Balaban J connectivity index is 3.08. The number of hydrogen-bond acceptors (Lipinski definition) is 3. The van der Waals surface area contributed by atoms with Crippen molar-refractivity contribution < 1.29 is 27.4 Å². The van der Waals surface area contributed by atoms with Gasteiger partial charge >= 0.3 is 12.3 Å². The Hall–Kier alpha value is -1.50. The van der Waals surface area contributed by atoms with E-state index in [1.54, 1.807) is 0 Å². The highest BCUT2D eigenvalue weighted by Crippen LogP contribution is 2.32. The summed E-state index contributed by atoms with van der Waals surface area (Å²) in [5.41, 5.74) is 0.0974. The molecule has 0 aliphatic heterocycles. The minimum atomic E-state index is -4.80. The number of alkyl halides is 3. The SMILES string of the molecule is COC(=O)/C=C/c1c(Br)cccc1OC(F)(F)F. The summed E-state index contributed by atoms with van der Waals surface area (Å²) in [6.07, 6.45) is -2.62. The lowest BCUT2D eigenvalue weighted by molar-refractivity contribution is -0.274. The molecule has 0 amide bonds. The lowest BCUT2D eigenvalue weighted by atomic mass is 10.2. The average molecular weight is 325 g/mol. The molecule has 0 unspecified atom stereocenters. The third kappa shape index (κ3) is 4.40. The van der Waals surface area contributed by atoms with Crippen LogP contribution in [0.4, 0.5) is 13.2 Å². The number of esters is 1. The van der Waals surface area contributed by atoms with Gasteiger partial charge in [-0.05, 0) is 18.2 Å². The average Bonchev–Trinajstić information content (AvgIpc) is 2.25. The maximum Gasteiger partial charge on any atom is 0.573 e. The van der Waals surface area contributed by atoms with E-state index >= 15 is 0 Å². The zero-order valence-electron chi connectivity index (χ0n) is 9.12.